The molecule has 1 aliphatic rings. The van der Waals surface area contributed by atoms with E-state index >= 15 is 0 Å². The summed E-state index contributed by atoms with van der Waals surface area (Å²) >= 11 is 1.22. The molecule has 1 atom stereocenters. The fourth-order valence-corrected chi connectivity index (χ4v) is 6.76. The van der Waals surface area contributed by atoms with E-state index in [1.807, 2.05) is 66.7 Å². The van der Waals surface area contributed by atoms with Crippen LogP contribution in [0.15, 0.2) is 112 Å². The normalized spacial score (nSPS) is 14.0. The van der Waals surface area contributed by atoms with Gasteiger partial charge in [-0.2, -0.15) is 0 Å². The topological polar surface area (TPSA) is 115 Å². The van der Waals surface area contributed by atoms with Gasteiger partial charge in [-0.3, -0.25) is 9.36 Å². The van der Waals surface area contributed by atoms with Gasteiger partial charge < -0.3 is 23.7 Å². The van der Waals surface area contributed by atoms with Crippen LogP contribution in [-0.2, 0) is 20.9 Å². The average Bonchev–Trinajstić information content (AvgIpc) is 3.47. The molecule has 0 aliphatic carbocycles. The van der Waals surface area contributed by atoms with Gasteiger partial charge in [0.2, 0.25) is 0 Å². The zero-order valence-corrected chi connectivity index (χ0v) is 29.4. The number of esters is 2. The molecule has 0 unspecified atom stereocenters. The molecule has 2 heterocycles. The number of para-hydroxylation sites is 1. The van der Waals surface area contributed by atoms with Gasteiger partial charge in [-0.15, -0.1) is 0 Å². The predicted octanol–water partition coefficient (Wildman–Crippen LogP) is 5.71. The monoisotopic (exact) mass is 704 g/mol. The van der Waals surface area contributed by atoms with Gasteiger partial charge in [0.1, 0.15) is 12.4 Å². The quantitative estimate of drug-likeness (QED) is 0.152. The highest BCUT2D eigenvalue weighted by atomic mass is 32.1. The number of fused-ring (bicyclic) bond motifs is 1. The minimum Gasteiger partial charge on any atom is -0.493 e. The highest BCUT2D eigenvalue weighted by Crippen LogP contribution is 2.38. The molecular weight excluding hydrogens is 669 g/mol. The predicted molar refractivity (Wildman–Crippen MR) is 194 cm³/mol. The molecule has 260 valence electrons. The Kier molecular flexibility index (Phi) is 10.8. The highest BCUT2D eigenvalue weighted by Gasteiger charge is 2.35. The summed E-state index contributed by atoms with van der Waals surface area (Å²) < 4.78 is 29.9. The molecule has 0 saturated carbocycles. The van der Waals surface area contributed by atoms with Crippen molar-refractivity contribution < 1.29 is 33.3 Å². The van der Waals surface area contributed by atoms with Gasteiger partial charge in [0.15, 0.2) is 16.3 Å². The van der Waals surface area contributed by atoms with E-state index in [2.05, 4.69) is 0 Å². The average molecular weight is 705 g/mol. The first-order valence-electron chi connectivity index (χ1n) is 16.3. The number of rotatable bonds is 12. The maximum absolute atomic E-state index is 14.4. The zero-order chi connectivity index (χ0) is 35.9. The molecule has 0 N–H and O–H groups in total. The summed E-state index contributed by atoms with van der Waals surface area (Å²) in [6.45, 7) is 4.17. The molecule has 0 bridgehead atoms. The van der Waals surface area contributed by atoms with Crippen LogP contribution in [0.1, 0.15) is 52.5 Å². The van der Waals surface area contributed by atoms with E-state index in [0.717, 1.165) is 5.56 Å². The molecule has 1 aromatic heterocycles. The zero-order valence-electron chi connectivity index (χ0n) is 28.6. The van der Waals surface area contributed by atoms with Crippen LogP contribution in [0.4, 0.5) is 0 Å². The molecule has 4 aromatic carbocycles. The van der Waals surface area contributed by atoms with Crippen molar-refractivity contribution in [2.24, 2.45) is 4.99 Å². The van der Waals surface area contributed by atoms with E-state index < -0.39 is 12.0 Å². The number of carbonyl (C=O) groups excluding carboxylic acids is 2. The number of nitrogens with zero attached hydrogens (tertiary/aromatic N) is 2. The Morgan fingerprint density at radius 3 is 2.20 bits per heavy atom. The van der Waals surface area contributed by atoms with Crippen molar-refractivity contribution in [3.05, 3.63) is 150 Å². The van der Waals surface area contributed by atoms with Crippen molar-refractivity contribution in [2.45, 2.75) is 26.5 Å². The third-order valence-electron chi connectivity index (χ3n) is 8.16. The van der Waals surface area contributed by atoms with Crippen molar-refractivity contribution in [2.75, 3.05) is 27.4 Å². The highest BCUT2D eigenvalue weighted by molar-refractivity contribution is 7.07. The number of hydrogen-bond donors (Lipinski definition) is 0. The Morgan fingerprint density at radius 1 is 0.804 bits per heavy atom. The lowest BCUT2D eigenvalue weighted by Gasteiger charge is -2.26. The van der Waals surface area contributed by atoms with E-state index in [1.54, 1.807) is 57.4 Å². The molecule has 0 amide bonds. The summed E-state index contributed by atoms with van der Waals surface area (Å²) in [6.07, 6.45) is 1.77. The lowest BCUT2D eigenvalue weighted by Crippen LogP contribution is -2.40. The number of benzene rings is 4. The van der Waals surface area contributed by atoms with Gasteiger partial charge in [-0.05, 0) is 61.4 Å². The third-order valence-corrected chi connectivity index (χ3v) is 9.14. The number of carbonyl (C=O) groups is 2. The van der Waals surface area contributed by atoms with Crippen LogP contribution in [-0.4, -0.2) is 43.9 Å². The SMILES string of the molecule is CCOC(=O)C1=C(c2ccccc2)N=c2s/c(=C\c3ccccc3OCc3ccc(C(=O)OCC)cc3)c(=O)n2[C@@H]1c1ccc(OC)c(OC)c1. The molecule has 0 fully saturated rings. The molecule has 6 rings (SSSR count). The summed E-state index contributed by atoms with van der Waals surface area (Å²) in [7, 11) is 3.07. The summed E-state index contributed by atoms with van der Waals surface area (Å²) in [5.74, 6) is 0.551. The van der Waals surface area contributed by atoms with E-state index in [0.29, 0.717) is 61.1 Å². The maximum atomic E-state index is 14.4. The summed E-state index contributed by atoms with van der Waals surface area (Å²) in [5, 5.41) is 0. The van der Waals surface area contributed by atoms with Crippen molar-refractivity contribution in [3.8, 4) is 17.2 Å². The Morgan fingerprint density at radius 2 is 1.49 bits per heavy atom. The van der Waals surface area contributed by atoms with Crippen molar-refractivity contribution >= 4 is 35.0 Å². The van der Waals surface area contributed by atoms with Gasteiger partial charge in [-0.1, -0.05) is 78.1 Å². The van der Waals surface area contributed by atoms with Crippen LogP contribution < -0.4 is 29.1 Å². The van der Waals surface area contributed by atoms with E-state index in [1.165, 1.54) is 23.0 Å². The Labute approximate surface area is 298 Å². The molecule has 11 heteroatoms. The summed E-state index contributed by atoms with van der Waals surface area (Å²) in [4.78, 5) is 45.7. The fourth-order valence-electron chi connectivity index (χ4n) is 5.76. The standard InChI is InChI=1S/C40H36N2O8S/c1-5-48-38(44)27-18-16-25(17-19-27)24-50-30-15-11-10-14-28(30)23-33-37(43)42-36(29-20-21-31(46-3)32(22-29)47-4)34(39(45)49-6-2)35(41-40(42)51-33)26-12-8-7-9-13-26/h7-23,36H,5-6,24H2,1-4H3/b33-23-/t36-/m1/s1. The second-order valence-corrected chi connectivity index (χ2v) is 12.3. The van der Waals surface area contributed by atoms with Gasteiger partial charge in [-0.25, -0.2) is 14.6 Å². The summed E-state index contributed by atoms with van der Waals surface area (Å²) in [5.41, 5.74) is 3.63. The molecule has 10 nitrogen and oxygen atoms in total. The minimum absolute atomic E-state index is 0.139. The number of hydrogen-bond acceptors (Lipinski definition) is 10. The molecule has 51 heavy (non-hydrogen) atoms. The lowest BCUT2D eigenvalue weighted by molar-refractivity contribution is -0.138. The smallest absolute Gasteiger partial charge is 0.338 e. The van der Waals surface area contributed by atoms with Crippen molar-refractivity contribution in [1.29, 1.82) is 0 Å². The van der Waals surface area contributed by atoms with Crippen LogP contribution in [0.2, 0.25) is 0 Å². The van der Waals surface area contributed by atoms with Crippen LogP contribution in [0.3, 0.4) is 0 Å². The minimum atomic E-state index is -0.887. The summed E-state index contributed by atoms with van der Waals surface area (Å²) in [6, 6.07) is 28.2. The first kappa shape index (κ1) is 34.9. The van der Waals surface area contributed by atoms with Crippen LogP contribution in [0.25, 0.3) is 11.8 Å². The van der Waals surface area contributed by atoms with Crippen LogP contribution in [0, 0.1) is 0 Å². The van der Waals surface area contributed by atoms with Gasteiger partial charge in [0, 0.05) is 11.1 Å². The van der Waals surface area contributed by atoms with Crippen LogP contribution in [0.5, 0.6) is 17.2 Å². The van der Waals surface area contributed by atoms with E-state index in [9.17, 15) is 14.4 Å². The third kappa shape index (κ3) is 7.34. The second kappa shape index (κ2) is 15.7. The Bertz CT molecular complexity index is 2270. The number of aromatic nitrogens is 1. The van der Waals surface area contributed by atoms with Gasteiger partial charge in [0.25, 0.3) is 5.56 Å². The van der Waals surface area contributed by atoms with E-state index in [-0.39, 0.29) is 30.3 Å². The van der Waals surface area contributed by atoms with Gasteiger partial charge >= 0.3 is 11.9 Å². The molecular formula is C40H36N2O8S. The maximum Gasteiger partial charge on any atom is 0.338 e. The van der Waals surface area contributed by atoms with Crippen molar-refractivity contribution in [3.63, 3.8) is 0 Å². The second-order valence-electron chi connectivity index (χ2n) is 11.3. The van der Waals surface area contributed by atoms with Crippen LogP contribution >= 0.6 is 11.3 Å². The molecule has 5 aromatic rings. The first-order chi connectivity index (χ1) is 24.9. The number of methoxy groups -OCH3 is 2. The largest absolute Gasteiger partial charge is 0.493 e. The molecule has 1 aliphatic heterocycles. The number of thiazole rings is 1. The Balaban J connectivity index is 1.46. The van der Waals surface area contributed by atoms with E-state index in [4.69, 9.17) is 28.7 Å². The van der Waals surface area contributed by atoms with Crippen molar-refractivity contribution in [1.82, 2.24) is 4.57 Å². The molecule has 0 saturated heterocycles. The fraction of sp³-hybridized carbons (Fsp3) is 0.200. The first-order valence-corrected chi connectivity index (χ1v) is 17.2. The molecule has 0 radical (unpaired) electrons. The lowest BCUT2D eigenvalue weighted by atomic mass is 9.93. The van der Waals surface area contributed by atoms with Gasteiger partial charge in [0.05, 0.1) is 54.8 Å². The Hall–Kier alpha value is -5.94. The molecule has 0 spiro atoms. The number of ether oxygens (including phenoxy) is 5.